The first-order valence-corrected chi connectivity index (χ1v) is 4.72. The average molecular weight is 172 g/mol. The Hall–Kier alpha value is -1.24. The largest absolute Gasteiger partial charge is 0.497 e. The Balaban J connectivity index is 2.07. The van der Waals surface area contributed by atoms with Gasteiger partial charge in [-0.25, -0.2) is 0 Å². The molecule has 0 bridgehead atoms. The Morgan fingerprint density at radius 2 is 2.08 bits per heavy atom. The Kier molecular flexibility index (Phi) is 1.20. The van der Waals surface area contributed by atoms with Crippen molar-refractivity contribution in [2.24, 2.45) is 5.92 Å². The first-order valence-electron chi connectivity index (χ1n) is 4.72. The zero-order chi connectivity index (χ0) is 8.89. The standard InChI is InChI=1S/C12H12O/c1-9-12(7-11(12)8-13-9)10-5-3-2-4-6-10/h2-6,11H,1,7-8H2. The van der Waals surface area contributed by atoms with E-state index in [1.54, 1.807) is 0 Å². The van der Waals surface area contributed by atoms with Gasteiger partial charge in [0.05, 0.1) is 17.8 Å². The monoisotopic (exact) mass is 172 g/mol. The molecule has 0 N–H and O–H groups in total. The number of ether oxygens (including phenoxy) is 1. The van der Waals surface area contributed by atoms with Gasteiger partial charge in [-0.3, -0.25) is 0 Å². The lowest BCUT2D eigenvalue weighted by molar-refractivity contribution is 0.230. The second-order valence-corrected chi connectivity index (χ2v) is 3.97. The van der Waals surface area contributed by atoms with Gasteiger partial charge in [-0.1, -0.05) is 36.9 Å². The lowest BCUT2D eigenvalue weighted by Crippen LogP contribution is -2.07. The molecule has 1 nitrogen and oxygen atoms in total. The van der Waals surface area contributed by atoms with E-state index in [0.717, 1.165) is 12.4 Å². The second-order valence-electron chi connectivity index (χ2n) is 3.97. The summed E-state index contributed by atoms with van der Waals surface area (Å²) in [4.78, 5) is 0. The third kappa shape index (κ3) is 0.769. The smallest absolute Gasteiger partial charge is 0.0998 e. The Bertz CT molecular complexity index is 355. The molecule has 1 saturated heterocycles. The van der Waals surface area contributed by atoms with Crippen molar-refractivity contribution >= 4 is 0 Å². The fourth-order valence-corrected chi connectivity index (χ4v) is 2.45. The van der Waals surface area contributed by atoms with Crippen LogP contribution in [-0.2, 0) is 10.2 Å². The van der Waals surface area contributed by atoms with Gasteiger partial charge in [-0.15, -0.1) is 0 Å². The molecular formula is C12H12O. The topological polar surface area (TPSA) is 9.23 Å². The van der Waals surface area contributed by atoms with Crippen LogP contribution in [0.3, 0.4) is 0 Å². The fraction of sp³-hybridized carbons (Fsp3) is 0.333. The lowest BCUT2D eigenvalue weighted by Gasteiger charge is -2.13. The minimum Gasteiger partial charge on any atom is -0.497 e. The van der Waals surface area contributed by atoms with E-state index in [-0.39, 0.29) is 5.41 Å². The molecule has 13 heavy (non-hydrogen) atoms. The van der Waals surface area contributed by atoms with Crippen molar-refractivity contribution in [3.63, 3.8) is 0 Å². The van der Waals surface area contributed by atoms with E-state index in [9.17, 15) is 0 Å². The van der Waals surface area contributed by atoms with E-state index >= 15 is 0 Å². The average Bonchev–Trinajstić information content (AvgIpc) is 2.84. The molecule has 1 heterocycles. The number of hydrogen-bond acceptors (Lipinski definition) is 1. The predicted octanol–water partition coefficient (Wildman–Crippen LogP) is 2.49. The van der Waals surface area contributed by atoms with E-state index in [1.165, 1.54) is 12.0 Å². The molecule has 0 amide bonds. The summed E-state index contributed by atoms with van der Waals surface area (Å²) in [6.07, 6.45) is 1.23. The van der Waals surface area contributed by atoms with Crippen LogP contribution in [0.1, 0.15) is 12.0 Å². The zero-order valence-corrected chi connectivity index (χ0v) is 7.49. The molecule has 1 aliphatic heterocycles. The summed E-state index contributed by atoms with van der Waals surface area (Å²) in [6, 6.07) is 10.6. The van der Waals surface area contributed by atoms with Crippen molar-refractivity contribution in [1.29, 1.82) is 0 Å². The molecule has 1 aliphatic carbocycles. The van der Waals surface area contributed by atoms with Crippen molar-refractivity contribution in [2.45, 2.75) is 11.8 Å². The number of benzene rings is 1. The highest BCUT2D eigenvalue weighted by Crippen LogP contribution is 2.63. The molecule has 2 fully saturated rings. The molecule has 1 aromatic carbocycles. The third-order valence-electron chi connectivity index (χ3n) is 3.35. The molecule has 0 spiro atoms. The van der Waals surface area contributed by atoms with Crippen LogP contribution < -0.4 is 0 Å². The van der Waals surface area contributed by atoms with Gasteiger partial charge in [0.15, 0.2) is 0 Å². The molecule has 0 radical (unpaired) electrons. The van der Waals surface area contributed by atoms with Crippen molar-refractivity contribution in [3.05, 3.63) is 48.2 Å². The van der Waals surface area contributed by atoms with Crippen LogP contribution in [0.2, 0.25) is 0 Å². The summed E-state index contributed by atoms with van der Waals surface area (Å²) in [5.74, 6) is 1.67. The molecule has 1 aromatic rings. The minimum absolute atomic E-state index is 0.196. The van der Waals surface area contributed by atoms with E-state index in [0.29, 0.717) is 5.92 Å². The lowest BCUT2D eigenvalue weighted by atomic mass is 9.93. The summed E-state index contributed by atoms with van der Waals surface area (Å²) < 4.78 is 5.48. The number of allylic oxidation sites excluding steroid dienone is 1. The molecule has 3 rings (SSSR count). The first kappa shape index (κ1) is 7.19. The molecule has 2 aliphatic rings. The van der Waals surface area contributed by atoms with Gasteiger partial charge in [0.1, 0.15) is 0 Å². The quantitative estimate of drug-likeness (QED) is 0.632. The highest BCUT2D eigenvalue weighted by atomic mass is 16.5. The Labute approximate surface area is 78.0 Å². The molecule has 1 saturated carbocycles. The zero-order valence-electron chi connectivity index (χ0n) is 7.49. The van der Waals surface area contributed by atoms with Gasteiger partial charge >= 0.3 is 0 Å². The van der Waals surface area contributed by atoms with Gasteiger partial charge in [-0.05, 0) is 12.0 Å². The van der Waals surface area contributed by atoms with E-state index in [2.05, 4.69) is 36.9 Å². The van der Waals surface area contributed by atoms with Gasteiger partial charge in [-0.2, -0.15) is 0 Å². The maximum atomic E-state index is 5.48. The molecule has 66 valence electrons. The third-order valence-corrected chi connectivity index (χ3v) is 3.35. The summed E-state index contributed by atoms with van der Waals surface area (Å²) in [6.45, 7) is 4.87. The van der Waals surface area contributed by atoms with E-state index in [4.69, 9.17) is 4.74 Å². The number of rotatable bonds is 1. The number of hydrogen-bond donors (Lipinski definition) is 0. The van der Waals surface area contributed by atoms with Crippen molar-refractivity contribution in [2.75, 3.05) is 6.61 Å². The van der Waals surface area contributed by atoms with Crippen LogP contribution in [-0.4, -0.2) is 6.61 Å². The van der Waals surface area contributed by atoms with E-state index in [1.807, 2.05) is 0 Å². The van der Waals surface area contributed by atoms with E-state index < -0.39 is 0 Å². The minimum atomic E-state index is 0.196. The maximum Gasteiger partial charge on any atom is 0.0998 e. The van der Waals surface area contributed by atoms with Crippen LogP contribution >= 0.6 is 0 Å². The van der Waals surface area contributed by atoms with Crippen LogP contribution in [0.25, 0.3) is 0 Å². The molecule has 2 atom stereocenters. The molecule has 1 heteroatoms. The van der Waals surface area contributed by atoms with Crippen LogP contribution in [0.15, 0.2) is 42.7 Å². The molecule has 2 unspecified atom stereocenters. The van der Waals surface area contributed by atoms with Gasteiger partial charge in [0.2, 0.25) is 0 Å². The summed E-state index contributed by atoms with van der Waals surface area (Å²) in [5.41, 5.74) is 1.57. The van der Waals surface area contributed by atoms with Crippen molar-refractivity contribution in [1.82, 2.24) is 0 Å². The van der Waals surface area contributed by atoms with Gasteiger partial charge in [0.25, 0.3) is 0 Å². The number of fused-ring (bicyclic) bond motifs is 1. The summed E-state index contributed by atoms with van der Waals surface area (Å²) in [7, 11) is 0. The van der Waals surface area contributed by atoms with Crippen molar-refractivity contribution in [3.8, 4) is 0 Å². The van der Waals surface area contributed by atoms with Crippen molar-refractivity contribution < 1.29 is 4.74 Å². The predicted molar refractivity (Wildman–Crippen MR) is 51.3 cm³/mol. The maximum absolute atomic E-state index is 5.48. The van der Waals surface area contributed by atoms with Gasteiger partial charge in [0, 0.05) is 5.92 Å². The van der Waals surface area contributed by atoms with Gasteiger partial charge < -0.3 is 4.74 Å². The Morgan fingerprint density at radius 3 is 2.62 bits per heavy atom. The SMILES string of the molecule is C=C1OCC2CC12c1ccccc1. The fourth-order valence-electron chi connectivity index (χ4n) is 2.45. The Morgan fingerprint density at radius 1 is 1.31 bits per heavy atom. The van der Waals surface area contributed by atoms with Crippen LogP contribution in [0.4, 0.5) is 0 Å². The van der Waals surface area contributed by atoms with Crippen LogP contribution in [0, 0.1) is 5.92 Å². The summed E-state index contributed by atoms with van der Waals surface area (Å²) in [5, 5.41) is 0. The molecule has 0 aromatic heterocycles. The second kappa shape index (κ2) is 2.16. The highest BCUT2D eigenvalue weighted by molar-refractivity contribution is 5.44. The molecular weight excluding hydrogens is 160 g/mol. The normalized spacial score (nSPS) is 35.4. The first-order chi connectivity index (χ1) is 6.34. The summed E-state index contributed by atoms with van der Waals surface area (Å²) >= 11 is 0. The highest BCUT2D eigenvalue weighted by Gasteiger charge is 2.62. The van der Waals surface area contributed by atoms with Crippen LogP contribution in [0.5, 0.6) is 0 Å².